The quantitative estimate of drug-likeness (QED) is 0.855. The Hall–Kier alpha value is -1.50. The largest absolute Gasteiger partial charge is 0.326 e. The molecule has 0 atom stereocenters. The summed E-state index contributed by atoms with van der Waals surface area (Å²) in [5.41, 5.74) is 0.733. The lowest BCUT2D eigenvalue weighted by Crippen LogP contribution is -2.58. The molecule has 0 unspecified atom stereocenters. The fourth-order valence-electron chi connectivity index (χ4n) is 2.16. The SMILES string of the molecule is CCc1ccc(C(=O)N2CC(F)(F)C2)cc1S(C)(=O)=O. The van der Waals surface area contributed by atoms with Crippen LogP contribution in [-0.4, -0.2) is 44.5 Å². The van der Waals surface area contributed by atoms with E-state index in [0.717, 1.165) is 11.2 Å². The van der Waals surface area contributed by atoms with Crippen molar-refractivity contribution in [2.24, 2.45) is 0 Å². The number of rotatable bonds is 3. The van der Waals surface area contributed by atoms with Crippen LogP contribution < -0.4 is 0 Å². The van der Waals surface area contributed by atoms with Gasteiger partial charge >= 0.3 is 0 Å². The van der Waals surface area contributed by atoms with Crippen LogP contribution in [0.3, 0.4) is 0 Å². The maximum absolute atomic E-state index is 12.8. The molecule has 0 bridgehead atoms. The normalized spacial score (nSPS) is 17.7. The second-order valence-corrected chi connectivity index (χ2v) is 6.95. The van der Waals surface area contributed by atoms with Crippen LogP contribution in [-0.2, 0) is 16.3 Å². The number of aryl methyl sites for hydroxylation is 1. The van der Waals surface area contributed by atoms with Gasteiger partial charge in [-0.15, -0.1) is 0 Å². The summed E-state index contributed by atoms with van der Waals surface area (Å²) >= 11 is 0. The molecule has 1 aliphatic heterocycles. The monoisotopic (exact) mass is 303 g/mol. The van der Waals surface area contributed by atoms with Crippen LogP contribution in [0.1, 0.15) is 22.8 Å². The standard InChI is InChI=1S/C13H15F2NO3S/c1-3-9-4-5-10(6-11(9)20(2,18)19)12(17)16-7-13(14,15)8-16/h4-6H,3,7-8H2,1-2H3. The molecule has 1 fully saturated rings. The number of hydrogen-bond acceptors (Lipinski definition) is 3. The summed E-state index contributed by atoms with van der Waals surface area (Å²) in [5.74, 6) is -3.40. The van der Waals surface area contributed by atoms with Gasteiger partial charge in [0.05, 0.1) is 18.0 Å². The molecule has 0 radical (unpaired) electrons. The third-order valence-electron chi connectivity index (χ3n) is 3.23. The molecule has 0 spiro atoms. The van der Waals surface area contributed by atoms with Crippen LogP contribution in [0.4, 0.5) is 8.78 Å². The highest BCUT2D eigenvalue weighted by atomic mass is 32.2. The van der Waals surface area contributed by atoms with Crippen LogP contribution >= 0.6 is 0 Å². The van der Waals surface area contributed by atoms with Crippen LogP contribution in [0.15, 0.2) is 23.1 Å². The van der Waals surface area contributed by atoms with Crippen LogP contribution in [0, 0.1) is 0 Å². The molecule has 7 heteroatoms. The van der Waals surface area contributed by atoms with Crippen molar-refractivity contribution in [3.05, 3.63) is 29.3 Å². The van der Waals surface area contributed by atoms with E-state index in [2.05, 4.69) is 0 Å². The van der Waals surface area contributed by atoms with Crippen molar-refractivity contribution in [3.8, 4) is 0 Å². The number of carbonyl (C=O) groups excluding carboxylic acids is 1. The maximum atomic E-state index is 12.8. The minimum atomic E-state index is -3.46. The van der Waals surface area contributed by atoms with Crippen molar-refractivity contribution in [2.45, 2.75) is 24.2 Å². The number of carbonyl (C=O) groups is 1. The smallest absolute Gasteiger partial charge is 0.282 e. The molecule has 20 heavy (non-hydrogen) atoms. The zero-order valence-corrected chi connectivity index (χ0v) is 12.0. The van der Waals surface area contributed by atoms with Gasteiger partial charge in [0.2, 0.25) is 0 Å². The highest BCUT2D eigenvalue weighted by Crippen LogP contribution is 2.29. The number of sulfone groups is 1. The van der Waals surface area contributed by atoms with Crippen LogP contribution in [0.5, 0.6) is 0 Å². The molecule has 1 amide bonds. The number of benzene rings is 1. The Balaban J connectivity index is 2.33. The van der Waals surface area contributed by atoms with Gasteiger partial charge in [0.1, 0.15) is 0 Å². The predicted octanol–water partition coefficient (Wildman–Crippen LogP) is 1.74. The Bertz CT molecular complexity index is 648. The zero-order chi connectivity index (χ0) is 15.1. The van der Waals surface area contributed by atoms with E-state index in [-0.39, 0.29) is 10.5 Å². The topological polar surface area (TPSA) is 54.5 Å². The molecule has 2 rings (SSSR count). The van der Waals surface area contributed by atoms with Gasteiger partial charge in [-0.1, -0.05) is 13.0 Å². The first kappa shape index (κ1) is 14.9. The van der Waals surface area contributed by atoms with Crippen molar-refractivity contribution in [1.82, 2.24) is 4.90 Å². The van der Waals surface area contributed by atoms with E-state index < -0.39 is 34.8 Å². The number of nitrogens with zero attached hydrogens (tertiary/aromatic N) is 1. The lowest BCUT2D eigenvalue weighted by Gasteiger charge is -2.38. The summed E-state index contributed by atoms with van der Waals surface area (Å²) < 4.78 is 48.9. The summed E-state index contributed by atoms with van der Waals surface area (Å²) in [5, 5.41) is 0. The molecule has 0 N–H and O–H groups in total. The van der Waals surface area contributed by atoms with Gasteiger partial charge in [-0.25, -0.2) is 17.2 Å². The molecule has 1 heterocycles. The van der Waals surface area contributed by atoms with Gasteiger partial charge < -0.3 is 4.90 Å². The summed E-state index contributed by atoms with van der Waals surface area (Å²) in [7, 11) is -3.46. The Morgan fingerprint density at radius 2 is 1.95 bits per heavy atom. The lowest BCUT2D eigenvalue weighted by molar-refractivity contribution is -0.113. The molecular weight excluding hydrogens is 288 g/mol. The van der Waals surface area contributed by atoms with E-state index in [1.54, 1.807) is 6.07 Å². The third kappa shape index (κ3) is 2.82. The highest BCUT2D eigenvalue weighted by Gasteiger charge is 2.46. The zero-order valence-electron chi connectivity index (χ0n) is 11.2. The van der Waals surface area contributed by atoms with Crippen molar-refractivity contribution in [2.75, 3.05) is 19.3 Å². The van der Waals surface area contributed by atoms with Gasteiger partial charge in [0, 0.05) is 11.8 Å². The first-order valence-corrected chi connectivity index (χ1v) is 8.03. The van der Waals surface area contributed by atoms with Crippen molar-refractivity contribution < 1.29 is 22.0 Å². The van der Waals surface area contributed by atoms with E-state index >= 15 is 0 Å². The molecular formula is C13H15F2NO3S. The Morgan fingerprint density at radius 1 is 1.35 bits per heavy atom. The van der Waals surface area contributed by atoms with E-state index in [0.29, 0.717) is 12.0 Å². The molecule has 0 aliphatic carbocycles. The van der Waals surface area contributed by atoms with Crippen molar-refractivity contribution in [1.29, 1.82) is 0 Å². The summed E-state index contributed by atoms with van der Waals surface area (Å²) in [4.78, 5) is 13.1. The van der Waals surface area contributed by atoms with E-state index in [1.807, 2.05) is 6.92 Å². The number of amides is 1. The van der Waals surface area contributed by atoms with Crippen molar-refractivity contribution in [3.63, 3.8) is 0 Å². The average molecular weight is 303 g/mol. The fraction of sp³-hybridized carbons (Fsp3) is 0.462. The number of likely N-dealkylation sites (tertiary alicyclic amines) is 1. The molecule has 1 aromatic rings. The molecule has 1 aromatic carbocycles. The maximum Gasteiger partial charge on any atom is 0.282 e. The highest BCUT2D eigenvalue weighted by molar-refractivity contribution is 7.90. The summed E-state index contributed by atoms with van der Waals surface area (Å²) in [6.45, 7) is 0.576. The average Bonchev–Trinajstić information content (AvgIpc) is 2.33. The van der Waals surface area contributed by atoms with Gasteiger partial charge in [0.25, 0.3) is 11.8 Å². The van der Waals surface area contributed by atoms with E-state index in [4.69, 9.17) is 0 Å². The number of alkyl halides is 2. The van der Waals surface area contributed by atoms with Crippen LogP contribution in [0.2, 0.25) is 0 Å². The molecule has 0 saturated carbocycles. The van der Waals surface area contributed by atoms with E-state index in [9.17, 15) is 22.0 Å². The molecule has 1 saturated heterocycles. The minimum absolute atomic E-state index is 0.0816. The lowest BCUT2D eigenvalue weighted by atomic mass is 10.1. The Labute approximate surface area is 116 Å². The van der Waals surface area contributed by atoms with Gasteiger partial charge in [-0.3, -0.25) is 4.79 Å². The number of halogens is 2. The Kier molecular flexibility index (Phi) is 3.58. The third-order valence-corrected chi connectivity index (χ3v) is 4.41. The first-order valence-electron chi connectivity index (χ1n) is 6.14. The van der Waals surface area contributed by atoms with Gasteiger partial charge in [-0.2, -0.15) is 0 Å². The molecule has 4 nitrogen and oxygen atoms in total. The van der Waals surface area contributed by atoms with Crippen molar-refractivity contribution >= 4 is 15.7 Å². The summed E-state index contributed by atoms with van der Waals surface area (Å²) in [6.07, 6.45) is 1.58. The Morgan fingerprint density at radius 3 is 2.40 bits per heavy atom. The minimum Gasteiger partial charge on any atom is -0.326 e. The molecule has 0 aromatic heterocycles. The van der Waals surface area contributed by atoms with Gasteiger partial charge in [0.15, 0.2) is 9.84 Å². The van der Waals surface area contributed by atoms with Gasteiger partial charge in [-0.05, 0) is 24.1 Å². The second-order valence-electron chi connectivity index (χ2n) is 4.97. The second kappa shape index (κ2) is 4.80. The fourth-order valence-corrected chi connectivity index (χ4v) is 3.19. The number of hydrogen-bond donors (Lipinski definition) is 0. The van der Waals surface area contributed by atoms with E-state index in [1.165, 1.54) is 12.1 Å². The molecule has 1 aliphatic rings. The predicted molar refractivity (Wildman–Crippen MR) is 69.8 cm³/mol. The summed E-state index contributed by atoms with van der Waals surface area (Å²) in [6, 6.07) is 4.31. The molecule has 110 valence electrons. The first-order chi connectivity index (χ1) is 9.14. The van der Waals surface area contributed by atoms with Crippen LogP contribution in [0.25, 0.3) is 0 Å².